The Morgan fingerprint density at radius 2 is 1.86 bits per heavy atom. The Morgan fingerprint density at radius 1 is 1.24 bits per heavy atom. The number of sulfonamides is 1. The maximum Gasteiger partial charge on any atom is 0.240 e. The molecule has 0 aliphatic rings. The molecule has 120 valence electrons. The lowest BCUT2D eigenvalue weighted by atomic mass is 9.96. The molecule has 21 heavy (non-hydrogen) atoms. The molecule has 0 unspecified atom stereocenters. The topological polar surface area (TPSA) is 75.6 Å². The van der Waals surface area contributed by atoms with Gasteiger partial charge in [0.25, 0.3) is 0 Å². The summed E-state index contributed by atoms with van der Waals surface area (Å²) in [7, 11) is -3.56. The number of benzene rings is 1. The van der Waals surface area contributed by atoms with Crippen LogP contribution in [0.15, 0.2) is 29.2 Å². The second-order valence-corrected chi connectivity index (χ2v) is 7.59. The molecule has 0 radical (unpaired) electrons. The van der Waals surface area contributed by atoms with E-state index in [1.54, 1.807) is 26.0 Å². The van der Waals surface area contributed by atoms with Crippen LogP contribution < -0.4 is 9.46 Å². The van der Waals surface area contributed by atoms with Gasteiger partial charge in [0.2, 0.25) is 10.0 Å². The first-order chi connectivity index (χ1) is 9.80. The fourth-order valence-corrected chi connectivity index (χ4v) is 2.72. The Labute approximate surface area is 127 Å². The van der Waals surface area contributed by atoms with Crippen LogP contribution in [0.4, 0.5) is 0 Å². The zero-order valence-corrected chi connectivity index (χ0v) is 13.7. The molecule has 0 bridgehead atoms. The van der Waals surface area contributed by atoms with Gasteiger partial charge >= 0.3 is 0 Å². The van der Waals surface area contributed by atoms with Gasteiger partial charge in [-0.25, -0.2) is 13.1 Å². The van der Waals surface area contributed by atoms with Crippen LogP contribution in [-0.4, -0.2) is 33.3 Å². The summed E-state index contributed by atoms with van der Waals surface area (Å²) in [5, 5.41) is 9.15. The number of hydrogen-bond acceptors (Lipinski definition) is 4. The van der Waals surface area contributed by atoms with Gasteiger partial charge in [-0.3, -0.25) is 0 Å². The third-order valence-electron chi connectivity index (χ3n) is 3.07. The molecule has 0 saturated heterocycles. The van der Waals surface area contributed by atoms with E-state index in [2.05, 4.69) is 11.6 Å². The standard InChI is InChI=1S/C15H25NO4S/c1-4-5-10-20-13-6-8-14(9-7-13)21(18,19)16-11-15(2,3)12-17/h6-9,16-17H,4-5,10-12H2,1-3H3. The summed E-state index contributed by atoms with van der Waals surface area (Å²) < 4.78 is 32.3. The number of ether oxygens (including phenoxy) is 1. The molecule has 0 fully saturated rings. The van der Waals surface area contributed by atoms with Crippen LogP contribution in [0.2, 0.25) is 0 Å². The Balaban J connectivity index is 2.67. The van der Waals surface area contributed by atoms with Crippen molar-refractivity contribution in [2.24, 2.45) is 5.41 Å². The van der Waals surface area contributed by atoms with Crippen LogP contribution >= 0.6 is 0 Å². The number of rotatable bonds is 9. The first-order valence-electron chi connectivity index (χ1n) is 7.14. The highest BCUT2D eigenvalue weighted by Gasteiger charge is 2.21. The molecule has 0 aromatic heterocycles. The molecule has 0 atom stereocenters. The first-order valence-corrected chi connectivity index (χ1v) is 8.62. The van der Waals surface area contributed by atoms with Crippen molar-refractivity contribution in [2.75, 3.05) is 19.8 Å². The van der Waals surface area contributed by atoms with Crippen molar-refractivity contribution in [1.82, 2.24) is 4.72 Å². The lowest BCUT2D eigenvalue weighted by Gasteiger charge is -2.21. The summed E-state index contributed by atoms with van der Waals surface area (Å²) in [4.78, 5) is 0.194. The van der Waals surface area contributed by atoms with Crippen LogP contribution in [0.25, 0.3) is 0 Å². The Kier molecular flexibility index (Phi) is 6.64. The number of hydrogen-bond donors (Lipinski definition) is 2. The van der Waals surface area contributed by atoms with Crippen LogP contribution in [0.1, 0.15) is 33.6 Å². The summed E-state index contributed by atoms with van der Waals surface area (Å²) in [6.07, 6.45) is 2.02. The van der Waals surface area contributed by atoms with Gasteiger partial charge in [-0.2, -0.15) is 0 Å². The Morgan fingerprint density at radius 3 is 2.38 bits per heavy atom. The van der Waals surface area contributed by atoms with Gasteiger partial charge in [-0.15, -0.1) is 0 Å². The van der Waals surface area contributed by atoms with Crippen LogP contribution in [0, 0.1) is 5.41 Å². The molecule has 0 spiro atoms. The Bertz CT molecular complexity index is 523. The minimum atomic E-state index is -3.56. The van der Waals surface area contributed by atoms with Crippen LogP contribution in [0.3, 0.4) is 0 Å². The van der Waals surface area contributed by atoms with E-state index in [4.69, 9.17) is 9.84 Å². The quantitative estimate of drug-likeness (QED) is 0.685. The molecule has 0 aliphatic carbocycles. The van der Waals surface area contributed by atoms with Gasteiger partial charge in [0.15, 0.2) is 0 Å². The zero-order valence-electron chi connectivity index (χ0n) is 12.9. The van der Waals surface area contributed by atoms with Gasteiger partial charge in [0.05, 0.1) is 11.5 Å². The highest BCUT2D eigenvalue weighted by Crippen LogP contribution is 2.18. The van der Waals surface area contributed by atoms with E-state index in [1.165, 1.54) is 12.1 Å². The average molecular weight is 315 g/mol. The van der Waals surface area contributed by atoms with E-state index in [0.717, 1.165) is 12.8 Å². The van der Waals surface area contributed by atoms with Gasteiger partial charge in [0, 0.05) is 18.6 Å². The van der Waals surface area contributed by atoms with E-state index in [1.807, 2.05) is 0 Å². The summed E-state index contributed by atoms with van der Waals surface area (Å²) in [5.41, 5.74) is -0.490. The molecule has 5 nitrogen and oxygen atoms in total. The van der Waals surface area contributed by atoms with Gasteiger partial charge in [-0.1, -0.05) is 27.2 Å². The molecule has 1 aromatic carbocycles. The van der Waals surface area contributed by atoms with Crippen molar-refractivity contribution in [2.45, 2.75) is 38.5 Å². The first kappa shape index (κ1) is 17.9. The van der Waals surface area contributed by atoms with Crippen LogP contribution in [0.5, 0.6) is 5.75 Å². The van der Waals surface area contributed by atoms with Crippen molar-refractivity contribution >= 4 is 10.0 Å². The zero-order chi connectivity index (χ0) is 15.9. The second kappa shape index (κ2) is 7.77. The molecule has 1 rings (SSSR count). The van der Waals surface area contributed by atoms with Gasteiger partial charge < -0.3 is 9.84 Å². The fraction of sp³-hybridized carbons (Fsp3) is 0.600. The average Bonchev–Trinajstić information content (AvgIpc) is 2.46. The highest BCUT2D eigenvalue weighted by atomic mass is 32.2. The highest BCUT2D eigenvalue weighted by molar-refractivity contribution is 7.89. The van der Waals surface area contributed by atoms with E-state index < -0.39 is 15.4 Å². The SMILES string of the molecule is CCCCOc1ccc(S(=O)(=O)NCC(C)(C)CO)cc1. The lowest BCUT2D eigenvalue weighted by molar-refractivity contribution is 0.163. The number of unbranched alkanes of at least 4 members (excludes halogenated alkanes) is 1. The fourth-order valence-electron chi connectivity index (χ4n) is 1.48. The molecular weight excluding hydrogens is 290 g/mol. The van der Waals surface area contributed by atoms with Gasteiger partial charge in [0.1, 0.15) is 5.75 Å². The van der Waals surface area contributed by atoms with Crippen molar-refractivity contribution in [1.29, 1.82) is 0 Å². The third-order valence-corrected chi connectivity index (χ3v) is 4.49. The number of nitrogens with one attached hydrogen (secondary N) is 1. The predicted octanol–water partition coefficient (Wildman–Crippen LogP) is 2.16. The summed E-state index contributed by atoms with van der Waals surface area (Å²) in [6, 6.07) is 6.36. The minimum Gasteiger partial charge on any atom is -0.494 e. The monoisotopic (exact) mass is 315 g/mol. The predicted molar refractivity (Wildman–Crippen MR) is 82.9 cm³/mol. The summed E-state index contributed by atoms with van der Waals surface area (Å²) in [6.45, 7) is 6.39. The molecular formula is C15H25NO4S. The number of aliphatic hydroxyl groups excluding tert-OH is 1. The summed E-state index contributed by atoms with van der Waals surface area (Å²) in [5.74, 6) is 0.665. The van der Waals surface area contributed by atoms with E-state index in [0.29, 0.717) is 12.4 Å². The van der Waals surface area contributed by atoms with E-state index in [9.17, 15) is 8.42 Å². The molecule has 1 aromatic rings. The van der Waals surface area contributed by atoms with Crippen LogP contribution in [-0.2, 0) is 10.0 Å². The van der Waals surface area contributed by atoms with E-state index >= 15 is 0 Å². The normalized spacial score (nSPS) is 12.4. The van der Waals surface area contributed by atoms with E-state index in [-0.39, 0.29) is 18.0 Å². The minimum absolute atomic E-state index is 0.0836. The second-order valence-electron chi connectivity index (χ2n) is 5.82. The number of aliphatic hydroxyl groups is 1. The molecule has 0 heterocycles. The molecule has 0 amide bonds. The Hall–Kier alpha value is -1.11. The molecule has 6 heteroatoms. The van der Waals surface area contributed by atoms with Crippen molar-refractivity contribution in [3.8, 4) is 5.75 Å². The maximum atomic E-state index is 12.1. The smallest absolute Gasteiger partial charge is 0.240 e. The van der Waals surface area contributed by atoms with Crippen molar-refractivity contribution in [3.05, 3.63) is 24.3 Å². The lowest BCUT2D eigenvalue weighted by Crippen LogP contribution is -2.36. The molecule has 0 aliphatic heterocycles. The van der Waals surface area contributed by atoms with Crippen molar-refractivity contribution < 1.29 is 18.3 Å². The largest absolute Gasteiger partial charge is 0.494 e. The van der Waals surface area contributed by atoms with Crippen molar-refractivity contribution in [3.63, 3.8) is 0 Å². The third kappa shape index (κ3) is 6.03. The molecule has 0 saturated carbocycles. The maximum absolute atomic E-state index is 12.1. The van der Waals surface area contributed by atoms with Gasteiger partial charge in [-0.05, 0) is 30.7 Å². The summed E-state index contributed by atoms with van der Waals surface area (Å²) >= 11 is 0. The molecule has 2 N–H and O–H groups in total.